The van der Waals surface area contributed by atoms with Crippen molar-refractivity contribution in [3.8, 4) is 0 Å². The minimum Gasteiger partial charge on any atom is -0.357 e. The highest BCUT2D eigenvalue weighted by Crippen LogP contribution is 2.17. The van der Waals surface area contributed by atoms with Crippen molar-refractivity contribution in [3.63, 3.8) is 0 Å². The van der Waals surface area contributed by atoms with Crippen molar-refractivity contribution in [2.75, 3.05) is 7.05 Å². The molecule has 0 radical (unpaired) electrons. The average Bonchev–Trinajstić information content (AvgIpc) is 2.62. The van der Waals surface area contributed by atoms with Crippen LogP contribution in [0.15, 0.2) is 48.5 Å². The van der Waals surface area contributed by atoms with Crippen LogP contribution in [0.5, 0.6) is 0 Å². The summed E-state index contributed by atoms with van der Waals surface area (Å²) in [6, 6.07) is 14.7. The van der Waals surface area contributed by atoms with Gasteiger partial charge in [0.25, 0.3) is 0 Å². The molecule has 4 nitrogen and oxygen atoms in total. The molecule has 2 amide bonds. The van der Waals surface area contributed by atoms with E-state index >= 15 is 0 Å². The largest absolute Gasteiger partial charge is 0.357 e. The third-order valence-electron chi connectivity index (χ3n) is 4.34. The molecule has 5 heteroatoms. The molecule has 0 saturated heterocycles. The number of carbonyl (C=O) groups excluding carboxylic acids is 2. The number of amides is 2. The molecule has 0 heterocycles. The number of hydrogen-bond acceptors (Lipinski definition) is 2. The minimum absolute atomic E-state index is 0.0685. The van der Waals surface area contributed by atoms with Gasteiger partial charge >= 0.3 is 0 Å². The smallest absolute Gasteiger partial charge is 0.242 e. The Kier molecular flexibility index (Phi) is 7.22. The summed E-state index contributed by atoms with van der Waals surface area (Å²) in [6.45, 7) is 4.28. The third-order valence-corrected chi connectivity index (χ3v) is 4.59. The molecule has 0 aliphatic rings. The lowest BCUT2D eigenvalue weighted by atomic mass is 10.1. The monoisotopic (exact) mass is 372 g/mol. The molecule has 2 aromatic rings. The lowest BCUT2D eigenvalue weighted by Crippen LogP contribution is -2.48. The van der Waals surface area contributed by atoms with Crippen LogP contribution in [0.2, 0.25) is 5.02 Å². The van der Waals surface area contributed by atoms with Crippen LogP contribution in [0.4, 0.5) is 0 Å². The quantitative estimate of drug-likeness (QED) is 0.804. The summed E-state index contributed by atoms with van der Waals surface area (Å²) in [5.74, 6) is -0.222. The number of hydrogen-bond donors (Lipinski definition) is 1. The number of likely N-dealkylation sites (N-methyl/N-ethyl adjacent to an activating group) is 1. The summed E-state index contributed by atoms with van der Waals surface area (Å²) in [5.41, 5.74) is 3.00. The van der Waals surface area contributed by atoms with E-state index in [1.165, 1.54) is 0 Å². The van der Waals surface area contributed by atoms with E-state index in [1.807, 2.05) is 50.2 Å². The fourth-order valence-corrected chi connectivity index (χ4v) is 3.10. The Balaban J connectivity index is 2.27. The van der Waals surface area contributed by atoms with Crippen molar-refractivity contribution in [1.82, 2.24) is 10.2 Å². The Bertz CT molecular complexity index is 759. The number of rotatable bonds is 7. The lowest BCUT2D eigenvalue weighted by molar-refractivity contribution is -0.140. The molecule has 2 rings (SSSR count). The number of halogens is 1. The zero-order chi connectivity index (χ0) is 19.1. The Morgan fingerprint density at radius 2 is 1.81 bits per heavy atom. The van der Waals surface area contributed by atoms with Gasteiger partial charge in [0, 0.05) is 18.6 Å². The second kappa shape index (κ2) is 9.39. The van der Waals surface area contributed by atoms with Crippen LogP contribution in [0.1, 0.15) is 30.0 Å². The molecule has 26 heavy (non-hydrogen) atoms. The van der Waals surface area contributed by atoms with Crippen LogP contribution in [0, 0.1) is 6.92 Å². The Morgan fingerprint density at radius 1 is 1.12 bits per heavy atom. The highest BCUT2D eigenvalue weighted by atomic mass is 35.5. The fourth-order valence-electron chi connectivity index (χ4n) is 2.97. The highest BCUT2D eigenvalue weighted by Gasteiger charge is 2.27. The molecule has 1 atom stereocenters. The standard InChI is InChI=1S/C21H25ClN2O2/c1-4-19(21(26)23-3)24(14-16-8-10-18(22)11-9-16)20(25)13-17-7-5-6-15(2)12-17/h5-12,19H,4,13-14H2,1-3H3,(H,23,26)/t19-/m0/s1. The van der Waals surface area contributed by atoms with E-state index in [0.29, 0.717) is 18.0 Å². The average molecular weight is 373 g/mol. The van der Waals surface area contributed by atoms with E-state index in [4.69, 9.17) is 11.6 Å². The van der Waals surface area contributed by atoms with Crippen molar-refractivity contribution < 1.29 is 9.59 Å². The number of aryl methyl sites for hydroxylation is 1. The first-order valence-electron chi connectivity index (χ1n) is 8.75. The summed E-state index contributed by atoms with van der Waals surface area (Å²) < 4.78 is 0. The lowest BCUT2D eigenvalue weighted by Gasteiger charge is -2.30. The van der Waals surface area contributed by atoms with Crippen LogP contribution in [-0.4, -0.2) is 29.8 Å². The molecule has 0 bridgehead atoms. The molecule has 1 N–H and O–H groups in total. The van der Waals surface area contributed by atoms with E-state index in [0.717, 1.165) is 16.7 Å². The van der Waals surface area contributed by atoms with Gasteiger partial charge in [0.1, 0.15) is 6.04 Å². The van der Waals surface area contributed by atoms with Crippen LogP contribution in [0.25, 0.3) is 0 Å². The highest BCUT2D eigenvalue weighted by molar-refractivity contribution is 6.30. The summed E-state index contributed by atoms with van der Waals surface area (Å²) in [6.07, 6.45) is 0.815. The second-order valence-corrected chi connectivity index (χ2v) is 6.79. The van der Waals surface area contributed by atoms with Crippen molar-refractivity contribution in [1.29, 1.82) is 0 Å². The molecule has 0 fully saturated rings. The van der Waals surface area contributed by atoms with Gasteiger partial charge in [-0.05, 0) is 36.6 Å². The molecule has 0 saturated carbocycles. The molecular formula is C21H25ClN2O2. The maximum Gasteiger partial charge on any atom is 0.242 e. The third kappa shape index (κ3) is 5.33. The van der Waals surface area contributed by atoms with Gasteiger partial charge in [-0.2, -0.15) is 0 Å². The van der Waals surface area contributed by atoms with E-state index in [9.17, 15) is 9.59 Å². The molecule has 0 unspecified atom stereocenters. The van der Waals surface area contributed by atoms with Gasteiger partial charge in [0.05, 0.1) is 6.42 Å². The zero-order valence-electron chi connectivity index (χ0n) is 15.5. The molecular weight excluding hydrogens is 348 g/mol. The van der Waals surface area contributed by atoms with Crippen LogP contribution in [0.3, 0.4) is 0 Å². The molecule has 0 aliphatic carbocycles. The maximum absolute atomic E-state index is 13.0. The van der Waals surface area contributed by atoms with Crippen LogP contribution < -0.4 is 5.32 Å². The van der Waals surface area contributed by atoms with E-state index in [-0.39, 0.29) is 18.2 Å². The fraction of sp³-hybridized carbons (Fsp3) is 0.333. The van der Waals surface area contributed by atoms with Crippen LogP contribution >= 0.6 is 11.6 Å². The van der Waals surface area contributed by atoms with E-state index in [2.05, 4.69) is 5.32 Å². The zero-order valence-corrected chi connectivity index (χ0v) is 16.2. The molecule has 0 spiro atoms. The first kappa shape index (κ1) is 20.0. The Morgan fingerprint density at radius 3 is 2.38 bits per heavy atom. The van der Waals surface area contributed by atoms with Crippen molar-refractivity contribution in [3.05, 3.63) is 70.2 Å². The summed E-state index contributed by atoms with van der Waals surface area (Å²) >= 11 is 5.95. The molecule has 138 valence electrons. The van der Waals surface area contributed by atoms with Gasteiger partial charge < -0.3 is 10.2 Å². The minimum atomic E-state index is -0.506. The normalized spacial score (nSPS) is 11.7. The van der Waals surface area contributed by atoms with Crippen LogP contribution in [-0.2, 0) is 22.6 Å². The Labute approximate surface area is 160 Å². The number of nitrogens with zero attached hydrogens (tertiary/aromatic N) is 1. The molecule has 0 aromatic heterocycles. The summed E-state index contributed by atoms with van der Waals surface area (Å²) in [4.78, 5) is 27.0. The number of carbonyl (C=O) groups is 2. The van der Waals surface area contributed by atoms with E-state index < -0.39 is 6.04 Å². The first-order chi connectivity index (χ1) is 12.4. The first-order valence-corrected chi connectivity index (χ1v) is 9.13. The van der Waals surface area contributed by atoms with Gasteiger partial charge in [-0.3, -0.25) is 9.59 Å². The van der Waals surface area contributed by atoms with Gasteiger partial charge in [0.15, 0.2) is 0 Å². The number of benzene rings is 2. The Hall–Kier alpha value is -2.33. The maximum atomic E-state index is 13.0. The number of nitrogens with one attached hydrogen (secondary N) is 1. The predicted molar refractivity (Wildman–Crippen MR) is 105 cm³/mol. The van der Waals surface area contributed by atoms with Crippen molar-refractivity contribution in [2.24, 2.45) is 0 Å². The molecule has 0 aliphatic heterocycles. The summed E-state index contributed by atoms with van der Waals surface area (Å²) in [7, 11) is 1.59. The van der Waals surface area contributed by atoms with Gasteiger partial charge in [-0.25, -0.2) is 0 Å². The van der Waals surface area contributed by atoms with E-state index in [1.54, 1.807) is 24.1 Å². The van der Waals surface area contributed by atoms with Gasteiger partial charge in [0.2, 0.25) is 11.8 Å². The summed E-state index contributed by atoms with van der Waals surface area (Å²) in [5, 5.41) is 3.31. The topological polar surface area (TPSA) is 49.4 Å². The molecule has 2 aromatic carbocycles. The van der Waals surface area contributed by atoms with Gasteiger partial charge in [-0.15, -0.1) is 0 Å². The van der Waals surface area contributed by atoms with Gasteiger partial charge in [-0.1, -0.05) is 60.5 Å². The van der Waals surface area contributed by atoms with Crippen molar-refractivity contribution >= 4 is 23.4 Å². The van der Waals surface area contributed by atoms with Crippen molar-refractivity contribution in [2.45, 2.75) is 39.3 Å². The second-order valence-electron chi connectivity index (χ2n) is 6.35. The predicted octanol–water partition coefficient (Wildman–Crippen LogP) is 3.74. The SMILES string of the molecule is CC[C@@H](C(=O)NC)N(Cc1ccc(Cl)cc1)C(=O)Cc1cccc(C)c1.